The van der Waals surface area contributed by atoms with E-state index >= 15 is 0 Å². The minimum atomic E-state index is -3.84. The summed E-state index contributed by atoms with van der Waals surface area (Å²) in [5, 5.41) is 7.04. The van der Waals surface area contributed by atoms with Crippen LogP contribution in [0, 0.1) is 6.92 Å². The lowest BCUT2D eigenvalue weighted by Crippen LogP contribution is -2.56. The van der Waals surface area contributed by atoms with Crippen LogP contribution in [0.25, 0.3) is 0 Å². The average Bonchev–Trinajstić information content (AvgIpc) is 3.01. The van der Waals surface area contributed by atoms with Gasteiger partial charge in [-0.05, 0) is 25.5 Å². The van der Waals surface area contributed by atoms with Crippen LogP contribution in [-0.2, 0) is 22.1 Å². The van der Waals surface area contributed by atoms with Gasteiger partial charge in [-0.25, -0.2) is 0 Å². The molecule has 2 heterocycles. The predicted molar refractivity (Wildman–Crippen MR) is 107 cm³/mol. The van der Waals surface area contributed by atoms with Crippen LogP contribution in [0.5, 0.6) is 11.5 Å². The number of ether oxygens (including phenoxy) is 2. The van der Waals surface area contributed by atoms with Gasteiger partial charge in [0.15, 0.2) is 11.5 Å². The second-order valence-electron chi connectivity index (χ2n) is 6.85. The molecule has 1 amide bonds. The smallest absolute Gasteiger partial charge is 0.280 e. The lowest BCUT2D eigenvalue weighted by atomic mass is 10.00. The molecule has 0 unspecified atom stereocenters. The maximum atomic E-state index is 12.9. The SMILES string of the molecule is COc1ccc(NC(=O)[C@@H]2C[C@@H](c3cn(C)nc3C)NS(=O)(=O)N2C)cc1OC. The van der Waals surface area contributed by atoms with Crippen LogP contribution in [0.15, 0.2) is 24.4 Å². The molecule has 10 nitrogen and oxygen atoms in total. The zero-order valence-electron chi connectivity index (χ0n) is 17.0. The fourth-order valence-corrected chi connectivity index (χ4v) is 4.68. The number of benzene rings is 1. The van der Waals surface area contributed by atoms with E-state index in [4.69, 9.17) is 9.47 Å². The summed E-state index contributed by atoms with van der Waals surface area (Å²) in [5.41, 5.74) is 1.93. The molecule has 2 aromatic rings. The van der Waals surface area contributed by atoms with E-state index in [0.29, 0.717) is 22.9 Å². The molecule has 0 aliphatic carbocycles. The van der Waals surface area contributed by atoms with Crippen molar-refractivity contribution in [3.05, 3.63) is 35.7 Å². The van der Waals surface area contributed by atoms with Gasteiger partial charge >= 0.3 is 0 Å². The van der Waals surface area contributed by atoms with E-state index in [1.807, 2.05) is 0 Å². The highest BCUT2D eigenvalue weighted by Gasteiger charge is 2.41. The summed E-state index contributed by atoms with van der Waals surface area (Å²) < 4.78 is 40.9. The van der Waals surface area contributed by atoms with Gasteiger partial charge in [0.1, 0.15) is 6.04 Å². The summed E-state index contributed by atoms with van der Waals surface area (Å²) in [4.78, 5) is 12.9. The lowest BCUT2D eigenvalue weighted by molar-refractivity contribution is -0.120. The molecule has 1 fully saturated rings. The number of rotatable bonds is 5. The largest absolute Gasteiger partial charge is 0.493 e. The van der Waals surface area contributed by atoms with Gasteiger partial charge in [0.25, 0.3) is 10.2 Å². The number of likely N-dealkylation sites (N-methyl/N-ethyl adjacent to an activating group) is 1. The molecule has 3 rings (SSSR count). The van der Waals surface area contributed by atoms with Gasteiger partial charge in [-0.15, -0.1) is 0 Å². The van der Waals surface area contributed by atoms with Crippen LogP contribution < -0.4 is 19.5 Å². The number of nitrogens with one attached hydrogen (secondary N) is 2. The Hall–Kier alpha value is -2.63. The Balaban J connectivity index is 1.85. The molecule has 1 aliphatic rings. The van der Waals surface area contributed by atoms with E-state index in [2.05, 4.69) is 15.1 Å². The summed E-state index contributed by atoms with van der Waals surface area (Å²) >= 11 is 0. The Bertz CT molecular complexity index is 1020. The fraction of sp³-hybridized carbons (Fsp3) is 0.444. The number of carbonyl (C=O) groups is 1. The van der Waals surface area contributed by atoms with Crippen molar-refractivity contribution in [2.75, 3.05) is 26.6 Å². The maximum absolute atomic E-state index is 12.9. The zero-order chi connectivity index (χ0) is 21.3. The van der Waals surface area contributed by atoms with E-state index < -0.39 is 28.2 Å². The summed E-state index contributed by atoms with van der Waals surface area (Å²) in [5.74, 6) is 0.552. The van der Waals surface area contributed by atoms with E-state index in [0.717, 1.165) is 9.87 Å². The summed E-state index contributed by atoms with van der Waals surface area (Å²) in [6, 6.07) is 3.51. The van der Waals surface area contributed by atoms with Gasteiger partial charge in [0, 0.05) is 37.6 Å². The Morgan fingerprint density at radius 1 is 1.24 bits per heavy atom. The van der Waals surface area contributed by atoms with Crippen molar-refractivity contribution in [2.45, 2.75) is 25.4 Å². The first-order valence-electron chi connectivity index (χ1n) is 8.94. The lowest BCUT2D eigenvalue weighted by Gasteiger charge is -2.36. The quantitative estimate of drug-likeness (QED) is 0.740. The van der Waals surface area contributed by atoms with Gasteiger partial charge in [-0.3, -0.25) is 9.48 Å². The van der Waals surface area contributed by atoms with Crippen molar-refractivity contribution < 1.29 is 22.7 Å². The maximum Gasteiger partial charge on any atom is 0.280 e. The molecule has 1 aromatic heterocycles. The van der Waals surface area contributed by atoms with Crippen molar-refractivity contribution in [3.63, 3.8) is 0 Å². The van der Waals surface area contributed by atoms with Crippen LogP contribution in [0.2, 0.25) is 0 Å². The number of hydrogen-bond donors (Lipinski definition) is 2. The molecule has 0 bridgehead atoms. The zero-order valence-corrected chi connectivity index (χ0v) is 17.8. The third kappa shape index (κ3) is 4.21. The molecule has 1 aliphatic heterocycles. The molecule has 2 atom stereocenters. The number of anilines is 1. The monoisotopic (exact) mass is 423 g/mol. The molecule has 29 heavy (non-hydrogen) atoms. The highest BCUT2D eigenvalue weighted by molar-refractivity contribution is 7.87. The van der Waals surface area contributed by atoms with Crippen molar-refractivity contribution >= 4 is 21.8 Å². The number of aryl methyl sites for hydroxylation is 2. The number of aromatic nitrogens is 2. The first kappa shape index (κ1) is 21.1. The Kier molecular flexibility index (Phi) is 5.82. The van der Waals surface area contributed by atoms with E-state index in [-0.39, 0.29) is 6.42 Å². The average molecular weight is 423 g/mol. The van der Waals surface area contributed by atoms with Gasteiger partial charge in [0.2, 0.25) is 5.91 Å². The summed E-state index contributed by atoms with van der Waals surface area (Å²) in [7, 11) is 2.33. The van der Waals surface area contributed by atoms with Crippen LogP contribution in [-0.4, -0.2) is 55.7 Å². The number of nitrogens with zero attached hydrogens (tertiary/aromatic N) is 3. The minimum Gasteiger partial charge on any atom is -0.493 e. The highest BCUT2D eigenvalue weighted by Crippen LogP contribution is 2.32. The molecule has 1 aromatic carbocycles. The van der Waals surface area contributed by atoms with Crippen molar-refractivity contribution in [1.82, 2.24) is 18.8 Å². The molecule has 11 heteroatoms. The van der Waals surface area contributed by atoms with Crippen LogP contribution in [0.3, 0.4) is 0 Å². The van der Waals surface area contributed by atoms with Gasteiger partial charge in [-0.2, -0.15) is 22.5 Å². The highest BCUT2D eigenvalue weighted by atomic mass is 32.2. The van der Waals surface area contributed by atoms with Gasteiger partial charge in [-0.1, -0.05) is 0 Å². The fourth-order valence-electron chi connectivity index (χ4n) is 3.41. The second-order valence-corrected chi connectivity index (χ2v) is 8.61. The molecule has 0 saturated carbocycles. The van der Waals surface area contributed by atoms with Crippen molar-refractivity contribution in [3.8, 4) is 11.5 Å². The van der Waals surface area contributed by atoms with Crippen LogP contribution >= 0.6 is 0 Å². The third-order valence-electron chi connectivity index (χ3n) is 4.95. The van der Waals surface area contributed by atoms with Crippen molar-refractivity contribution in [1.29, 1.82) is 0 Å². The number of hydrogen-bond acceptors (Lipinski definition) is 6. The first-order valence-corrected chi connectivity index (χ1v) is 10.4. The molecule has 1 saturated heterocycles. The second kappa shape index (κ2) is 8.01. The van der Waals surface area contributed by atoms with E-state index in [1.54, 1.807) is 43.0 Å². The van der Waals surface area contributed by atoms with Crippen LogP contribution in [0.4, 0.5) is 5.69 Å². The molecular weight excluding hydrogens is 398 g/mol. The molecule has 0 spiro atoms. The molecule has 158 valence electrons. The standard InChI is InChI=1S/C18H25N5O5S/c1-11-13(10-22(2)20-11)14-9-15(23(3)29(25,26)21-14)18(24)19-12-6-7-16(27-4)17(8-12)28-5/h6-8,10,14-15,21H,9H2,1-5H3,(H,19,24)/t14-,15-/m0/s1. The molecular formula is C18H25N5O5S. The number of carbonyl (C=O) groups excluding carboxylic acids is 1. The van der Waals surface area contributed by atoms with Crippen molar-refractivity contribution in [2.24, 2.45) is 7.05 Å². The molecule has 2 N–H and O–H groups in total. The first-order chi connectivity index (χ1) is 13.7. The number of methoxy groups -OCH3 is 2. The third-order valence-corrected chi connectivity index (χ3v) is 6.54. The topological polar surface area (TPSA) is 115 Å². The predicted octanol–water partition coefficient (Wildman–Crippen LogP) is 0.964. The van der Waals surface area contributed by atoms with Crippen LogP contribution in [0.1, 0.15) is 23.7 Å². The van der Waals surface area contributed by atoms with Gasteiger partial charge in [0.05, 0.1) is 26.0 Å². The Morgan fingerprint density at radius 3 is 2.52 bits per heavy atom. The van der Waals surface area contributed by atoms with E-state index in [9.17, 15) is 13.2 Å². The minimum absolute atomic E-state index is 0.265. The normalized spacial score (nSPS) is 21.6. The number of amides is 1. The van der Waals surface area contributed by atoms with E-state index in [1.165, 1.54) is 21.3 Å². The summed E-state index contributed by atoms with van der Waals surface area (Å²) in [6.07, 6.45) is 2.03. The summed E-state index contributed by atoms with van der Waals surface area (Å²) in [6.45, 7) is 1.81. The Labute approximate surface area is 170 Å². The molecule has 0 radical (unpaired) electrons. The Morgan fingerprint density at radius 2 is 1.93 bits per heavy atom. The van der Waals surface area contributed by atoms with Gasteiger partial charge < -0.3 is 14.8 Å².